The maximum absolute atomic E-state index is 13.4. The zero-order valence-corrected chi connectivity index (χ0v) is 19.4. The van der Waals surface area contributed by atoms with Gasteiger partial charge in [-0.25, -0.2) is 8.42 Å². The molecule has 0 atom stereocenters. The summed E-state index contributed by atoms with van der Waals surface area (Å²) >= 11 is 9.26. The number of thioether (sulfide) groups is 1. The van der Waals surface area contributed by atoms with E-state index in [-0.39, 0.29) is 0 Å². The van der Waals surface area contributed by atoms with Crippen LogP contribution in [0, 0.1) is 13.8 Å². The Labute approximate surface area is 180 Å². The molecule has 1 aromatic heterocycles. The van der Waals surface area contributed by atoms with E-state index in [1.807, 2.05) is 32.0 Å². The van der Waals surface area contributed by atoms with E-state index in [1.165, 1.54) is 21.8 Å². The summed E-state index contributed by atoms with van der Waals surface area (Å²) in [4.78, 5) is 1.17. The van der Waals surface area contributed by atoms with Crippen LogP contribution in [0.5, 0.6) is 0 Å². The molecule has 0 amide bonds. The van der Waals surface area contributed by atoms with Crippen LogP contribution >= 0.6 is 34.7 Å². The van der Waals surface area contributed by atoms with Gasteiger partial charge in [-0.15, -0.1) is 23.1 Å². The van der Waals surface area contributed by atoms with E-state index in [0.717, 1.165) is 22.1 Å². The topological polar surface area (TPSA) is 37.4 Å². The first-order chi connectivity index (χ1) is 13.3. The summed E-state index contributed by atoms with van der Waals surface area (Å²) < 4.78 is 29.7. The van der Waals surface area contributed by atoms with Crippen LogP contribution in [0.4, 0.5) is 0 Å². The minimum absolute atomic E-state index is 0.407. The van der Waals surface area contributed by atoms with Crippen LogP contribution in [-0.4, -0.2) is 31.6 Å². The molecule has 1 heterocycles. The molecule has 0 radical (unpaired) electrons. The first kappa shape index (κ1) is 21.7. The van der Waals surface area contributed by atoms with Gasteiger partial charge in [-0.3, -0.25) is 0 Å². The molecule has 0 N–H and O–H groups in total. The number of thiophene rings is 1. The number of benzene rings is 2. The third-order valence-electron chi connectivity index (χ3n) is 4.52. The maximum atomic E-state index is 13.4. The number of aryl methyl sites for hydroxylation is 2. The number of hydrogen-bond acceptors (Lipinski definition) is 4. The Morgan fingerprint density at radius 2 is 1.86 bits per heavy atom. The molecule has 150 valence electrons. The molecule has 7 heteroatoms. The molecule has 0 bridgehead atoms. The first-order valence-electron chi connectivity index (χ1n) is 9.22. The van der Waals surface area contributed by atoms with Gasteiger partial charge >= 0.3 is 0 Å². The van der Waals surface area contributed by atoms with Crippen molar-refractivity contribution in [2.24, 2.45) is 0 Å². The molecule has 0 spiro atoms. The monoisotopic (exact) mass is 453 g/mol. The van der Waals surface area contributed by atoms with Crippen LogP contribution in [0.1, 0.15) is 24.5 Å². The van der Waals surface area contributed by atoms with Crippen LogP contribution in [-0.2, 0) is 10.0 Å². The number of fused-ring (bicyclic) bond motifs is 1. The Morgan fingerprint density at radius 1 is 1.11 bits per heavy atom. The summed E-state index contributed by atoms with van der Waals surface area (Å²) in [5.41, 5.74) is 2.00. The third-order valence-corrected chi connectivity index (χ3v) is 9.76. The first-order valence-corrected chi connectivity index (χ1v) is 12.8. The molecule has 0 aliphatic heterocycles. The molecule has 2 aromatic carbocycles. The zero-order valence-electron chi connectivity index (χ0n) is 16.2. The van der Waals surface area contributed by atoms with E-state index in [9.17, 15) is 8.42 Å². The van der Waals surface area contributed by atoms with Crippen LogP contribution in [0.25, 0.3) is 10.1 Å². The second kappa shape index (κ2) is 9.18. The minimum atomic E-state index is -3.56. The Morgan fingerprint density at radius 3 is 2.54 bits per heavy atom. The van der Waals surface area contributed by atoms with E-state index in [1.54, 1.807) is 22.1 Å². The van der Waals surface area contributed by atoms with Crippen LogP contribution in [0.15, 0.2) is 51.6 Å². The van der Waals surface area contributed by atoms with E-state index < -0.39 is 10.0 Å². The fraction of sp³-hybridized carbons (Fsp3) is 0.333. The molecular formula is C21H24ClNO2S3. The molecule has 3 rings (SSSR count). The van der Waals surface area contributed by atoms with Crippen molar-refractivity contribution in [3.8, 4) is 0 Å². The van der Waals surface area contributed by atoms with E-state index >= 15 is 0 Å². The van der Waals surface area contributed by atoms with Gasteiger partial charge in [0.2, 0.25) is 0 Å². The van der Waals surface area contributed by atoms with Gasteiger partial charge in [0.1, 0.15) is 4.21 Å². The predicted molar refractivity (Wildman–Crippen MR) is 123 cm³/mol. The highest BCUT2D eigenvalue weighted by Gasteiger charge is 2.28. The number of sulfonamides is 1. The normalized spacial score (nSPS) is 12.2. The van der Waals surface area contributed by atoms with Gasteiger partial charge in [0.05, 0.1) is 9.72 Å². The van der Waals surface area contributed by atoms with Crippen molar-refractivity contribution in [2.75, 3.05) is 18.8 Å². The molecule has 0 saturated carbocycles. The quantitative estimate of drug-likeness (QED) is 0.372. The summed E-state index contributed by atoms with van der Waals surface area (Å²) in [6, 6.07) is 13.9. The van der Waals surface area contributed by atoms with Gasteiger partial charge in [-0.1, -0.05) is 48.4 Å². The molecule has 3 aromatic rings. The van der Waals surface area contributed by atoms with Crippen molar-refractivity contribution < 1.29 is 8.42 Å². The lowest BCUT2D eigenvalue weighted by molar-refractivity contribution is 0.430. The summed E-state index contributed by atoms with van der Waals surface area (Å²) in [5.74, 6) is 0.716. The molecule has 0 saturated heterocycles. The lowest BCUT2D eigenvalue weighted by Crippen LogP contribution is -2.33. The van der Waals surface area contributed by atoms with Crippen molar-refractivity contribution in [3.63, 3.8) is 0 Å². The predicted octanol–water partition coefficient (Wildman–Crippen LogP) is 6.36. The van der Waals surface area contributed by atoms with E-state index in [4.69, 9.17) is 11.6 Å². The largest absolute Gasteiger partial charge is 0.252 e. The van der Waals surface area contributed by atoms with Crippen molar-refractivity contribution in [3.05, 3.63) is 58.6 Å². The van der Waals surface area contributed by atoms with Crippen molar-refractivity contribution in [1.29, 1.82) is 0 Å². The standard InChI is InChI=1S/C21H24ClNO2S3/c1-4-11-23(12-13-26-17-8-5-7-15(2)14-17)28(24,25)21-16(3)18-9-6-10-19(22)20(18)27-21/h5-10,14H,4,11-13H2,1-3H3. The minimum Gasteiger partial charge on any atom is -0.206 e. The zero-order chi connectivity index (χ0) is 20.3. The summed E-state index contributed by atoms with van der Waals surface area (Å²) in [5, 5.41) is 1.52. The number of halogens is 1. The van der Waals surface area contributed by atoms with Crippen LogP contribution in [0.3, 0.4) is 0 Å². The number of rotatable bonds is 8. The molecule has 0 fully saturated rings. The van der Waals surface area contributed by atoms with Crippen LogP contribution < -0.4 is 0 Å². The Bertz CT molecular complexity index is 1080. The molecule has 3 nitrogen and oxygen atoms in total. The van der Waals surface area contributed by atoms with E-state index in [2.05, 4.69) is 25.1 Å². The molecule has 0 unspecified atom stereocenters. The fourth-order valence-electron chi connectivity index (χ4n) is 3.12. The molecule has 0 aliphatic carbocycles. The molecular weight excluding hydrogens is 430 g/mol. The molecule has 0 aliphatic rings. The Balaban J connectivity index is 1.84. The number of nitrogens with zero attached hydrogens (tertiary/aromatic N) is 1. The van der Waals surface area contributed by atoms with Gasteiger partial charge < -0.3 is 0 Å². The number of hydrogen-bond donors (Lipinski definition) is 0. The summed E-state index contributed by atoms with van der Waals surface area (Å²) in [6.45, 7) is 6.93. The van der Waals surface area contributed by atoms with Crippen molar-refractivity contribution in [2.45, 2.75) is 36.3 Å². The highest BCUT2D eigenvalue weighted by Crippen LogP contribution is 2.39. The van der Waals surface area contributed by atoms with Gasteiger partial charge in [-0.05, 0) is 49.4 Å². The highest BCUT2D eigenvalue weighted by atomic mass is 35.5. The van der Waals surface area contributed by atoms with Gasteiger partial charge in [0.15, 0.2) is 0 Å². The average molecular weight is 454 g/mol. The Hall–Kier alpha value is -1.05. The lowest BCUT2D eigenvalue weighted by Gasteiger charge is -2.21. The summed E-state index contributed by atoms with van der Waals surface area (Å²) in [6.07, 6.45) is 0.777. The third kappa shape index (κ3) is 4.57. The lowest BCUT2D eigenvalue weighted by atomic mass is 10.2. The van der Waals surface area contributed by atoms with Gasteiger partial charge in [0, 0.05) is 23.7 Å². The highest BCUT2D eigenvalue weighted by molar-refractivity contribution is 7.99. The van der Waals surface area contributed by atoms with Crippen molar-refractivity contribution in [1.82, 2.24) is 4.31 Å². The second-order valence-corrected chi connectivity index (χ2v) is 11.4. The van der Waals surface area contributed by atoms with Gasteiger partial charge in [0.25, 0.3) is 10.0 Å². The Kier molecular flexibility index (Phi) is 7.10. The van der Waals surface area contributed by atoms with Crippen molar-refractivity contribution >= 4 is 54.8 Å². The fourth-order valence-corrected chi connectivity index (χ4v) is 7.94. The smallest absolute Gasteiger partial charge is 0.206 e. The van der Waals surface area contributed by atoms with E-state index in [0.29, 0.717) is 28.1 Å². The van der Waals surface area contributed by atoms with Crippen LogP contribution in [0.2, 0.25) is 5.02 Å². The summed E-state index contributed by atoms with van der Waals surface area (Å²) in [7, 11) is -3.56. The second-order valence-electron chi connectivity index (χ2n) is 6.70. The molecule has 28 heavy (non-hydrogen) atoms. The maximum Gasteiger partial charge on any atom is 0.252 e. The SMILES string of the molecule is CCCN(CCSc1cccc(C)c1)S(=O)(=O)c1sc2c(Cl)cccc2c1C. The average Bonchev–Trinajstić information content (AvgIpc) is 3.00. The van der Waals surface area contributed by atoms with Gasteiger partial charge in [-0.2, -0.15) is 4.31 Å².